The summed E-state index contributed by atoms with van der Waals surface area (Å²) >= 11 is 2.42. The van der Waals surface area contributed by atoms with Crippen molar-refractivity contribution >= 4 is 22.6 Å². The molecule has 0 saturated carbocycles. The van der Waals surface area contributed by atoms with Crippen LogP contribution in [0.25, 0.3) is 0 Å². The lowest BCUT2D eigenvalue weighted by molar-refractivity contribution is -0.169. The van der Waals surface area contributed by atoms with E-state index in [2.05, 4.69) is 22.6 Å². The summed E-state index contributed by atoms with van der Waals surface area (Å²) in [6.07, 6.45) is 8.38. The highest BCUT2D eigenvalue weighted by Crippen LogP contribution is 2.13. The predicted octanol–water partition coefficient (Wildman–Crippen LogP) is 3.57. The highest BCUT2D eigenvalue weighted by Gasteiger charge is 2.13. The van der Waals surface area contributed by atoms with E-state index in [0.717, 1.165) is 32.5 Å². The van der Waals surface area contributed by atoms with Crippen LogP contribution < -0.4 is 0 Å². The minimum absolute atomic E-state index is 0.0256. The highest BCUT2D eigenvalue weighted by molar-refractivity contribution is 14.1. The average molecular weight is 444 g/mol. The molecule has 0 bridgehead atoms. The lowest BCUT2D eigenvalue weighted by Crippen LogP contribution is -2.24. The van der Waals surface area contributed by atoms with Crippen molar-refractivity contribution in [3.8, 4) is 0 Å². The summed E-state index contributed by atoms with van der Waals surface area (Å²) in [6, 6.07) is 0. The van der Waals surface area contributed by atoms with Gasteiger partial charge in [0.05, 0.1) is 39.6 Å². The maximum absolute atomic E-state index is 5.58. The summed E-state index contributed by atoms with van der Waals surface area (Å²) in [5.41, 5.74) is 0. The summed E-state index contributed by atoms with van der Waals surface area (Å²) in [4.78, 5) is 0. The molecule has 0 aromatic rings. The van der Waals surface area contributed by atoms with Crippen LogP contribution in [0, 0.1) is 0 Å². The van der Waals surface area contributed by atoms with Crippen molar-refractivity contribution < 1.29 is 23.7 Å². The van der Waals surface area contributed by atoms with Gasteiger partial charge in [0.15, 0.2) is 6.29 Å². The first-order chi connectivity index (χ1) is 11.4. The molecule has 0 aromatic heterocycles. The largest absolute Gasteiger partial charge is 0.379 e. The Morgan fingerprint density at radius 2 is 1.39 bits per heavy atom. The fourth-order valence-electron chi connectivity index (χ4n) is 2.28. The van der Waals surface area contributed by atoms with Crippen LogP contribution in [0.5, 0.6) is 0 Å². The summed E-state index contributed by atoms with van der Waals surface area (Å²) in [6.45, 7) is 5.38. The summed E-state index contributed by atoms with van der Waals surface area (Å²) in [5, 5.41) is 0. The molecule has 0 aromatic carbocycles. The zero-order valence-electron chi connectivity index (χ0n) is 14.3. The molecule has 1 fully saturated rings. The second-order valence-corrected chi connectivity index (χ2v) is 6.69. The maximum atomic E-state index is 5.58. The molecule has 5 nitrogen and oxygen atoms in total. The van der Waals surface area contributed by atoms with Gasteiger partial charge in [-0.1, -0.05) is 35.4 Å². The van der Waals surface area contributed by atoms with Crippen molar-refractivity contribution in [1.29, 1.82) is 0 Å². The number of unbranched alkanes of at least 4 members (excludes halogenated alkanes) is 3. The predicted molar refractivity (Wildman–Crippen MR) is 99.4 cm³/mol. The lowest BCUT2D eigenvalue weighted by atomic mass is 10.2. The van der Waals surface area contributed by atoms with Gasteiger partial charge in [0.25, 0.3) is 0 Å². The second-order valence-electron chi connectivity index (χ2n) is 5.61. The zero-order chi connectivity index (χ0) is 16.4. The monoisotopic (exact) mass is 444 g/mol. The first-order valence-electron chi connectivity index (χ1n) is 8.96. The number of ether oxygens (including phenoxy) is 5. The number of hydrogen-bond acceptors (Lipinski definition) is 5. The van der Waals surface area contributed by atoms with E-state index in [-0.39, 0.29) is 6.29 Å². The summed E-state index contributed by atoms with van der Waals surface area (Å²) in [7, 11) is 0. The van der Waals surface area contributed by atoms with Gasteiger partial charge < -0.3 is 23.7 Å². The van der Waals surface area contributed by atoms with Crippen molar-refractivity contribution in [1.82, 2.24) is 0 Å². The van der Waals surface area contributed by atoms with Gasteiger partial charge in [0.1, 0.15) is 0 Å². The molecule has 1 unspecified atom stereocenters. The molecule has 0 aliphatic carbocycles. The lowest BCUT2D eigenvalue weighted by Gasteiger charge is -2.22. The standard InChI is InChI=1S/C17H33IO5/c18-8-4-1-2-5-9-19-11-12-20-13-14-21-15-16-23-17-7-3-6-10-22-17/h17H,1-16H2. The Labute approximate surface area is 154 Å². The molecule has 1 saturated heterocycles. The third-order valence-electron chi connectivity index (χ3n) is 3.59. The van der Waals surface area contributed by atoms with E-state index < -0.39 is 0 Å². The number of rotatable bonds is 16. The third-order valence-corrected chi connectivity index (χ3v) is 4.35. The Morgan fingerprint density at radius 3 is 2.04 bits per heavy atom. The van der Waals surface area contributed by atoms with E-state index in [0.29, 0.717) is 39.6 Å². The van der Waals surface area contributed by atoms with Crippen LogP contribution in [-0.4, -0.2) is 63.6 Å². The Hall–Kier alpha value is 0.530. The fourth-order valence-corrected chi connectivity index (χ4v) is 2.81. The van der Waals surface area contributed by atoms with Crippen molar-refractivity contribution in [2.45, 2.75) is 51.2 Å². The van der Waals surface area contributed by atoms with Crippen LogP contribution in [0.1, 0.15) is 44.9 Å². The summed E-state index contributed by atoms with van der Waals surface area (Å²) < 4.78 is 28.8. The van der Waals surface area contributed by atoms with E-state index in [4.69, 9.17) is 23.7 Å². The second kappa shape index (κ2) is 17.4. The molecule has 23 heavy (non-hydrogen) atoms. The quantitative estimate of drug-likeness (QED) is 0.207. The molecular formula is C17H33IO5. The molecule has 1 heterocycles. The molecular weight excluding hydrogens is 411 g/mol. The maximum Gasteiger partial charge on any atom is 0.157 e. The van der Waals surface area contributed by atoms with Gasteiger partial charge in [0, 0.05) is 13.2 Å². The summed E-state index contributed by atoms with van der Waals surface area (Å²) in [5.74, 6) is 0. The average Bonchev–Trinajstić information content (AvgIpc) is 2.59. The highest BCUT2D eigenvalue weighted by atomic mass is 127. The van der Waals surface area contributed by atoms with E-state index in [1.165, 1.54) is 30.1 Å². The first kappa shape index (κ1) is 21.6. The Balaban J connectivity index is 1.67. The normalized spacial score (nSPS) is 18.4. The molecule has 1 atom stereocenters. The Kier molecular flexibility index (Phi) is 16.3. The van der Waals surface area contributed by atoms with Crippen LogP contribution in [0.3, 0.4) is 0 Å². The molecule has 138 valence electrons. The van der Waals surface area contributed by atoms with Crippen molar-refractivity contribution in [3.63, 3.8) is 0 Å². The van der Waals surface area contributed by atoms with Gasteiger partial charge in [-0.15, -0.1) is 0 Å². The van der Waals surface area contributed by atoms with Crippen LogP contribution in [0.2, 0.25) is 0 Å². The molecule has 1 rings (SSSR count). The smallest absolute Gasteiger partial charge is 0.157 e. The first-order valence-corrected chi connectivity index (χ1v) is 10.5. The minimum atomic E-state index is -0.0256. The van der Waals surface area contributed by atoms with Gasteiger partial charge in [0.2, 0.25) is 0 Å². The molecule has 0 amide bonds. The SMILES string of the molecule is ICCCCCCOCCOCCOCCOC1CCCCO1. The van der Waals surface area contributed by atoms with Crippen molar-refractivity contribution in [3.05, 3.63) is 0 Å². The molecule has 0 radical (unpaired) electrons. The number of alkyl halides is 1. The Morgan fingerprint density at radius 1 is 0.739 bits per heavy atom. The minimum Gasteiger partial charge on any atom is -0.379 e. The molecule has 0 spiro atoms. The molecule has 0 N–H and O–H groups in total. The fraction of sp³-hybridized carbons (Fsp3) is 1.00. The Bertz CT molecular complexity index is 237. The zero-order valence-corrected chi connectivity index (χ0v) is 16.5. The molecule has 1 aliphatic rings. The van der Waals surface area contributed by atoms with Crippen LogP contribution in [-0.2, 0) is 23.7 Å². The van der Waals surface area contributed by atoms with Crippen molar-refractivity contribution in [2.24, 2.45) is 0 Å². The van der Waals surface area contributed by atoms with E-state index >= 15 is 0 Å². The molecule has 1 aliphatic heterocycles. The number of halogens is 1. The van der Waals surface area contributed by atoms with E-state index in [9.17, 15) is 0 Å². The topological polar surface area (TPSA) is 46.2 Å². The van der Waals surface area contributed by atoms with E-state index in [1.807, 2.05) is 0 Å². The van der Waals surface area contributed by atoms with Crippen LogP contribution in [0.4, 0.5) is 0 Å². The van der Waals surface area contributed by atoms with Gasteiger partial charge in [-0.05, 0) is 36.5 Å². The van der Waals surface area contributed by atoms with Gasteiger partial charge in [-0.2, -0.15) is 0 Å². The number of hydrogen-bond donors (Lipinski definition) is 0. The van der Waals surface area contributed by atoms with Gasteiger partial charge in [-0.25, -0.2) is 0 Å². The van der Waals surface area contributed by atoms with Gasteiger partial charge in [-0.3, -0.25) is 0 Å². The molecule has 6 heteroatoms. The van der Waals surface area contributed by atoms with E-state index in [1.54, 1.807) is 0 Å². The van der Waals surface area contributed by atoms with Crippen LogP contribution >= 0.6 is 22.6 Å². The third kappa shape index (κ3) is 14.6. The van der Waals surface area contributed by atoms with Gasteiger partial charge >= 0.3 is 0 Å². The van der Waals surface area contributed by atoms with Crippen molar-refractivity contribution in [2.75, 3.05) is 57.3 Å². The van der Waals surface area contributed by atoms with Crippen LogP contribution in [0.15, 0.2) is 0 Å².